The molecule has 134 valence electrons. The predicted molar refractivity (Wildman–Crippen MR) is 96.2 cm³/mol. The maximum atomic E-state index is 12.1. The van der Waals surface area contributed by atoms with Crippen LogP contribution in [-0.4, -0.2) is 30.0 Å². The van der Waals surface area contributed by atoms with Crippen LogP contribution < -0.4 is 5.32 Å². The number of ether oxygens (including phenoxy) is 1. The van der Waals surface area contributed by atoms with E-state index >= 15 is 0 Å². The Hall–Kier alpha value is -3.48. The molecule has 2 aromatic carbocycles. The molecule has 0 fully saturated rings. The number of carbonyl (C=O) groups excluding carboxylic acids is 2. The van der Waals surface area contributed by atoms with Crippen molar-refractivity contribution in [3.8, 4) is 0 Å². The first-order valence-electron chi connectivity index (χ1n) is 7.84. The maximum Gasteiger partial charge on any atom is 0.328 e. The van der Waals surface area contributed by atoms with Crippen LogP contribution in [0.4, 0.5) is 5.69 Å². The van der Waals surface area contributed by atoms with Crippen LogP contribution in [0.15, 0.2) is 60.7 Å². The van der Waals surface area contributed by atoms with Gasteiger partial charge in [-0.2, -0.15) is 0 Å². The van der Waals surface area contributed by atoms with Crippen molar-refractivity contribution in [3.05, 3.63) is 81.9 Å². The summed E-state index contributed by atoms with van der Waals surface area (Å²) in [6.07, 6.45) is 2.96. The molecule has 0 aliphatic heterocycles. The van der Waals surface area contributed by atoms with Crippen LogP contribution in [0.2, 0.25) is 0 Å². The normalized spacial score (nSPS) is 11.7. The number of benzene rings is 2. The van der Waals surface area contributed by atoms with Gasteiger partial charge in [0.15, 0.2) is 0 Å². The monoisotopic (exact) mass is 354 g/mol. The SMILES string of the molecule is COC(=O)C(Cc1ccccc1)NC(=O)C=Cc1cccc([N+](=O)[O-])c1. The van der Waals surface area contributed by atoms with Crippen molar-refractivity contribution in [2.75, 3.05) is 7.11 Å². The lowest BCUT2D eigenvalue weighted by Crippen LogP contribution is -2.42. The summed E-state index contributed by atoms with van der Waals surface area (Å²) in [5.74, 6) is -1.05. The number of hydrogen-bond donors (Lipinski definition) is 1. The van der Waals surface area contributed by atoms with Crippen LogP contribution in [0.3, 0.4) is 0 Å². The Kier molecular flexibility index (Phi) is 6.61. The lowest BCUT2D eigenvalue weighted by Gasteiger charge is -2.15. The van der Waals surface area contributed by atoms with Gasteiger partial charge in [-0.05, 0) is 17.2 Å². The summed E-state index contributed by atoms with van der Waals surface area (Å²) >= 11 is 0. The minimum Gasteiger partial charge on any atom is -0.467 e. The smallest absolute Gasteiger partial charge is 0.328 e. The molecule has 0 aromatic heterocycles. The highest BCUT2D eigenvalue weighted by atomic mass is 16.6. The molecule has 0 saturated heterocycles. The quantitative estimate of drug-likeness (QED) is 0.356. The summed E-state index contributed by atoms with van der Waals surface area (Å²) in [7, 11) is 1.26. The zero-order chi connectivity index (χ0) is 18.9. The zero-order valence-electron chi connectivity index (χ0n) is 14.1. The van der Waals surface area contributed by atoms with Gasteiger partial charge in [-0.1, -0.05) is 42.5 Å². The first kappa shape index (κ1) is 18.9. The molecule has 26 heavy (non-hydrogen) atoms. The van der Waals surface area contributed by atoms with Gasteiger partial charge >= 0.3 is 5.97 Å². The maximum absolute atomic E-state index is 12.1. The average molecular weight is 354 g/mol. The number of hydrogen-bond acceptors (Lipinski definition) is 5. The summed E-state index contributed by atoms with van der Waals surface area (Å²) in [4.78, 5) is 34.3. The van der Waals surface area contributed by atoms with Gasteiger partial charge < -0.3 is 10.1 Å². The molecule has 0 saturated carbocycles. The highest BCUT2D eigenvalue weighted by Gasteiger charge is 2.21. The van der Waals surface area contributed by atoms with Crippen LogP contribution in [0, 0.1) is 10.1 Å². The topological polar surface area (TPSA) is 98.5 Å². The fourth-order valence-electron chi connectivity index (χ4n) is 2.32. The number of methoxy groups -OCH3 is 1. The van der Waals surface area contributed by atoms with Crippen molar-refractivity contribution < 1.29 is 19.2 Å². The molecule has 1 amide bonds. The summed E-state index contributed by atoms with van der Waals surface area (Å²) in [6.45, 7) is 0. The van der Waals surface area contributed by atoms with E-state index in [2.05, 4.69) is 5.32 Å². The predicted octanol–water partition coefficient (Wildman–Crippen LogP) is 2.51. The van der Waals surface area contributed by atoms with Crippen LogP contribution >= 0.6 is 0 Å². The van der Waals surface area contributed by atoms with Gasteiger partial charge in [-0.3, -0.25) is 14.9 Å². The van der Waals surface area contributed by atoms with Crippen LogP contribution in [0.25, 0.3) is 6.08 Å². The number of nitro groups is 1. The molecule has 1 atom stereocenters. The Morgan fingerprint density at radius 3 is 2.58 bits per heavy atom. The third kappa shape index (κ3) is 5.55. The number of non-ortho nitro benzene ring substituents is 1. The number of nitro benzene ring substituents is 1. The molecule has 0 heterocycles. The molecule has 7 heteroatoms. The van der Waals surface area contributed by atoms with Gasteiger partial charge in [0.2, 0.25) is 5.91 Å². The number of nitrogens with zero attached hydrogens (tertiary/aromatic N) is 1. The standard InChI is InChI=1S/C19H18N2O5/c1-26-19(23)17(13-14-6-3-2-4-7-14)20-18(22)11-10-15-8-5-9-16(12-15)21(24)25/h2-12,17H,13H2,1H3,(H,20,22). The Bertz CT molecular complexity index is 818. The molecular formula is C19H18N2O5. The van der Waals surface area contributed by atoms with E-state index in [1.165, 1.54) is 37.5 Å². The first-order valence-corrected chi connectivity index (χ1v) is 7.84. The molecule has 7 nitrogen and oxygen atoms in total. The fourth-order valence-corrected chi connectivity index (χ4v) is 2.32. The summed E-state index contributed by atoms with van der Waals surface area (Å²) < 4.78 is 4.74. The molecule has 1 N–H and O–H groups in total. The molecule has 0 aliphatic rings. The Balaban J connectivity index is 2.05. The second-order valence-corrected chi connectivity index (χ2v) is 5.46. The van der Waals surface area contributed by atoms with Crippen LogP contribution in [-0.2, 0) is 20.7 Å². The minimum absolute atomic E-state index is 0.0657. The third-order valence-electron chi connectivity index (χ3n) is 3.59. The van der Waals surface area contributed by atoms with Crippen molar-refractivity contribution >= 4 is 23.6 Å². The summed E-state index contributed by atoms with van der Waals surface area (Å²) in [6, 6.07) is 14.3. The van der Waals surface area contributed by atoms with Gasteiger partial charge in [0.25, 0.3) is 5.69 Å². The molecule has 0 radical (unpaired) electrons. The summed E-state index contributed by atoms with van der Waals surface area (Å²) in [5.41, 5.74) is 1.32. The number of amides is 1. The van der Waals surface area contributed by atoms with Crippen molar-refractivity contribution in [2.24, 2.45) is 0 Å². The average Bonchev–Trinajstić information content (AvgIpc) is 2.66. The van der Waals surface area contributed by atoms with E-state index in [0.717, 1.165) is 5.56 Å². The molecule has 2 rings (SSSR count). The van der Waals surface area contributed by atoms with E-state index in [-0.39, 0.29) is 5.69 Å². The van der Waals surface area contributed by atoms with E-state index in [1.807, 2.05) is 30.3 Å². The fraction of sp³-hybridized carbons (Fsp3) is 0.158. The largest absolute Gasteiger partial charge is 0.467 e. The van der Waals surface area contributed by atoms with Crippen LogP contribution in [0.1, 0.15) is 11.1 Å². The Morgan fingerprint density at radius 2 is 1.92 bits per heavy atom. The lowest BCUT2D eigenvalue weighted by molar-refractivity contribution is -0.384. The number of rotatable bonds is 7. The van der Waals surface area contributed by atoms with Crippen molar-refractivity contribution in [2.45, 2.75) is 12.5 Å². The van der Waals surface area contributed by atoms with Gasteiger partial charge in [-0.25, -0.2) is 4.79 Å². The number of esters is 1. The molecule has 0 bridgehead atoms. The van der Waals surface area contributed by atoms with Crippen LogP contribution in [0.5, 0.6) is 0 Å². The second-order valence-electron chi connectivity index (χ2n) is 5.46. The van der Waals surface area contributed by atoms with Crippen molar-refractivity contribution in [1.29, 1.82) is 0 Å². The molecule has 0 aliphatic carbocycles. The lowest BCUT2D eigenvalue weighted by atomic mass is 10.1. The highest BCUT2D eigenvalue weighted by Crippen LogP contribution is 2.14. The van der Waals surface area contributed by atoms with E-state index in [4.69, 9.17) is 4.74 Å². The Labute approximate surface area is 150 Å². The van der Waals surface area contributed by atoms with Gasteiger partial charge in [0.05, 0.1) is 12.0 Å². The number of carbonyl (C=O) groups is 2. The third-order valence-corrected chi connectivity index (χ3v) is 3.59. The molecule has 2 aromatic rings. The Morgan fingerprint density at radius 1 is 1.19 bits per heavy atom. The van der Waals surface area contributed by atoms with Gasteiger partial charge in [0, 0.05) is 24.6 Å². The molecule has 0 spiro atoms. The van der Waals surface area contributed by atoms with Crippen molar-refractivity contribution in [3.63, 3.8) is 0 Å². The van der Waals surface area contributed by atoms with E-state index < -0.39 is 22.8 Å². The highest BCUT2D eigenvalue weighted by molar-refractivity contribution is 5.94. The zero-order valence-corrected chi connectivity index (χ0v) is 14.1. The number of nitrogens with one attached hydrogen (secondary N) is 1. The van der Waals surface area contributed by atoms with Gasteiger partial charge in [0.1, 0.15) is 6.04 Å². The first-order chi connectivity index (χ1) is 12.5. The van der Waals surface area contributed by atoms with Crippen molar-refractivity contribution in [1.82, 2.24) is 5.32 Å². The summed E-state index contributed by atoms with van der Waals surface area (Å²) in [5, 5.41) is 13.4. The second kappa shape index (κ2) is 9.12. The van der Waals surface area contributed by atoms with E-state index in [9.17, 15) is 19.7 Å². The van der Waals surface area contributed by atoms with E-state index in [0.29, 0.717) is 12.0 Å². The minimum atomic E-state index is -0.829. The molecular weight excluding hydrogens is 336 g/mol. The molecule has 1 unspecified atom stereocenters. The van der Waals surface area contributed by atoms with Gasteiger partial charge in [-0.15, -0.1) is 0 Å². The van der Waals surface area contributed by atoms with E-state index in [1.54, 1.807) is 6.07 Å².